The number of thiazole rings is 1. The van der Waals surface area contributed by atoms with Crippen molar-refractivity contribution in [1.82, 2.24) is 19.7 Å². The lowest BCUT2D eigenvalue weighted by Crippen LogP contribution is -2.39. The lowest BCUT2D eigenvalue weighted by molar-refractivity contribution is 0.0973. The van der Waals surface area contributed by atoms with Gasteiger partial charge in [0.05, 0.1) is 15.9 Å². The van der Waals surface area contributed by atoms with E-state index in [1.54, 1.807) is 9.58 Å². The highest BCUT2D eigenvalue weighted by atomic mass is 35.5. The van der Waals surface area contributed by atoms with Crippen LogP contribution in [0.15, 0.2) is 18.2 Å². The van der Waals surface area contributed by atoms with E-state index in [0.29, 0.717) is 28.9 Å². The molecule has 0 aliphatic heterocycles. The lowest BCUT2D eigenvalue weighted by atomic mass is 10.2. The van der Waals surface area contributed by atoms with E-state index in [4.69, 9.17) is 16.6 Å². The van der Waals surface area contributed by atoms with Crippen LogP contribution in [0.2, 0.25) is 5.02 Å². The Hall–Kier alpha value is -1.96. The minimum atomic E-state index is -0.0672. The van der Waals surface area contributed by atoms with Crippen molar-refractivity contribution in [2.45, 2.75) is 41.2 Å². The molecule has 0 aliphatic rings. The summed E-state index contributed by atoms with van der Waals surface area (Å²) in [7, 11) is 0. The first-order valence-corrected chi connectivity index (χ1v) is 11.2. The van der Waals surface area contributed by atoms with Crippen LogP contribution in [0, 0.1) is 13.8 Å². The van der Waals surface area contributed by atoms with Gasteiger partial charge in [0.25, 0.3) is 5.91 Å². The minimum absolute atomic E-state index is 0.0672. The Morgan fingerprint density at radius 2 is 1.90 bits per heavy atom. The van der Waals surface area contributed by atoms with Gasteiger partial charge in [-0.3, -0.25) is 14.4 Å². The standard InChI is InChI=1S/C21H28ClN5OS/c1-6-25(7-2)11-12-26(20(28)17-13-14(4)24-27(17)8-3)21-23-19-15(5)16(22)9-10-18(19)29-21/h9-10,13H,6-8,11-12H2,1-5H3. The number of benzene rings is 1. The fourth-order valence-corrected chi connectivity index (χ4v) is 4.57. The van der Waals surface area contributed by atoms with Gasteiger partial charge in [0.15, 0.2) is 5.13 Å². The molecule has 6 nitrogen and oxygen atoms in total. The second kappa shape index (κ2) is 9.24. The van der Waals surface area contributed by atoms with Gasteiger partial charge in [0.2, 0.25) is 0 Å². The van der Waals surface area contributed by atoms with Gasteiger partial charge in [-0.2, -0.15) is 5.10 Å². The summed E-state index contributed by atoms with van der Waals surface area (Å²) in [6.07, 6.45) is 0. The summed E-state index contributed by atoms with van der Waals surface area (Å²) in [6, 6.07) is 5.71. The highest BCUT2D eigenvalue weighted by molar-refractivity contribution is 7.22. The Labute approximate surface area is 181 Å². The van der Waals surface area contributed by atoms with Crippen LogP contribution < -0.4 is 4.90 Å². The van der Waals surface area contributed by atoms with E-state index in [-0.39, 0.29) is 5.91 Å². The highest BCUT2D eigenvalue weighted by Crippen LogP contribution is 2.34. The molecule has 0 unspecified atom stereocenters. The smallest absolute Gasteiger partial charge is 0.278 e. The Morgan fingerprint density at radius 1 is 1.17 bits per heavy atom. The van der Waals surface area contributed by atoms with E-state index in [1.807, 2.05) is 39.0 Å². The maximum atomic E-state index is 13.5. The number of rotatable bonds is 8. The van der Waals surface area contributed by atoms with Crippen LogP contribution in [-0.4, -0.2) is 51.8 Å². The zero-order valence-electron chi connectivity index (χ0n) is 17.7. The molecule has 0 atom stereocenters. The third kappa shape index (κ3) is 4.47. The van der Waals surface area contributed by atoms with Gasteiger partial charge in [0.1, 0.15) is 5.69 Å². The first kappa shape index (κ1) is 21.7. The first-order valence-electron chi connectivity index (χ1n) is 10.0. The fraction of sp³-hybridized carbons (Fsp3) is 0.476. The van der Waals surface area contributed by atoms with Gasteiger partial charge >= 0.3 is 0 Å². The van der Waals surface area contributed by atoms with Crippen LogP contribution in [0.25, 0.3) is 10.2 Å². The number of anilines is 1. The van der Waals surface area contributed by atoms with Crippen molar-refractivity contribution in [2.75, 3.05) is 31.1 Å². The normalized spacial score (nSPS) is 11.6. The summed E-state index contributed by atoms with van der Waals surface area (Å²) in [5.74, 6) is -0.0672. The van der Waals surface area contributed by atoms with Crippen molar-refractivity contribution in [3.8, 4) is 0 Å². The summed E-state index contributed by atoms with van der Waals surface area (Å²) in [4.78, 5) is 22.4. The number of hydrogen-bond donors (Lipinski definition) is 0. The lowest BCUT2D eigenvalue weighted by Gasteiger charge is -2.24. The van der Waals surface area contributed by atoms with Crippen molar-refractivity contribution in [1.29, 1.82) is 0 Å². The predicted octanol–water partition coefficient (Wildman–Crippen LogP) is 4.77. The maximum absolute atomic E-state index is 13.5. The summed E-state index contributed by atoms with van der Waals surface area (Å²) in [5, 5.41) is 5.83. The van der Waals surface area contributed by atoms with Crippen molar-refractivity contribution in [3.63, 3.8) is 0 Å². The van der Waals surface area contributed by atoms with E-state index in [0.717, 1.165) is 41.1 Å². The third-order valence-electron chi connectivity index (χ3n) is 5.17. The first-order chi connectivity index (χ1) is 13.9. The van der Waals surface area contributed by atoms with E-state index >= 15 is 0 Å². The largest absolute Gasteiger partial charge is 0.302 e. The Morgan fingerprint density at radius 3 is 2.55 bits per heavy atom. The molecule has 0 spiro atoms. The Kier molecular flexibility index (Phi) is 6.93. The third-order valence-corrected chi connectivity index (χ3v) is 6.62. The van der Waals surface area contributed by atoms with Crippen molar-refractivity contribution in [3.05, 3.63) is 40.2 Å². The molecule has 0 N–H and O–H groups in total. The zero-order valence-corrected chi connectivity index (χ0v) is 19.3. The van der Waals surface area contributed by atoms with Gasteiger partial charge in [0, 0.05) is 24.7 Å². The molecule has 3 aromatic rings. The molecule has 156 valence electrons. The van der Waals surface area contributed by atoms with E-state index in [9.17, 15) is 4.79 Å². The molecular weight excluding hydrogens is 406 g/mol. The number of fused-ring (bicyclic) bond motifs is 1. The van der Waals surface area contributed by atoms with E-state index < -0.39 is 0 Å². The van der Waals surface area contributed by atoms with Crippen LogP contribution >= 0.6 is 22.9 Å². The SMILES string of the molecule is CCN(CC)CCN(C(=O)c1cc(C)nn1CC)c1nc2c(C)c(Cl)ccc2s1. The van der Waals surface area contributed by atoms with Gasteiger partial charge in [-0.05, 0) is 57.6 Å². The summed E-state index contributed by atoms with van der Waals surface area (Å²) < 4.78 is 2.79. The molecule has 0 saturated carbocycles. The average molecular weight is 434 g/mol. The van der Waals surface area contributed by atoms with Crippen molar-refractivity contribution >= 4 is 44.2 Å². The molecular formula is C21H28ClN5OS. The zero-order chi connectivity index (χ0) is 21.1. The Balaban J connectivity index is 2.03. The second-order valence-corrected chi connectivity index (χ2v) is 8.40. The maximum Gasteiger partial charge on any atom is 0.278 e. The molecule has 0 fully saturated rings. The number of aryl methyl sites for hydroxylation is 3. The number of nitrogens with zero attached hydrogens (tertiary/aromatic N) is 5. The minimum Gasteiger partial charge on any atom is -0.302 e. The number of hydrogen-bond acceptors (Lipinski definition) is 5. The molecule has 2 heterocycles. The number of aromatic nitrogens is 3. The van der Waals surface area contributed by atoms with Gasteiger partial charge in [-0.15, -0.1) is 0 Å². The molecule has 8 heteroatoms. The van der Waals surface area contributed by atoms with Crippen LogP contribution in [-0.2, 0) is 6.54 Å². The number of carbonyl (C=O) groups is 1. The van der Waals surface area contributed by atoms with Gasteiger partial charge in [-0.25, -0.2) is 4.98 Å². The number of carbonyl (C=O) groups excluding carboxylic acids is 1. The van der Waals surface area contributed by atoms with Gasteiger partial charge < -0.3 is 4.90 Å². The molecule has 1 aromatic carbocycles. The summed E-state index contributed by atoms with van der Waals surface area (Å²) in [6.45, 7) is 14.0. The highest BCUT2D eigenvalue weighted by Gasteiger charge is 2.25. The number of amides is 1. The van der Waals surface area contributed by atoms with Crippen LogP contribution in [0.5, 0.6) is 0 Å². The topological polar surface area (TPSA) is 54.3 Å². The molecule has 0 aliphatic carbocycles. The molecule has 3 rings (SSSR count). The van der Waals surface area contributed by atoms with Crippen molar-refractivity contribution in [2.24, 2.45) is 0 Å². The van der Waals surface area contributed by atoms with Crippen LogP contribution in [0.3, 0.4) is 0 Å². The quantitative estimate of drug-likeness (QED) is 0.513. The van der Waals surface area contributed by atoms with Crippen LogP contribution in [0.4, 0.5) is 5.13 Å². The molecule has 0 bridgehead atoms. The average Bonchev–Trinajstić information content (AvgIpc) is 3.31. The summed E-state index contributed by atoms with van der Waals surface area (Å²) in [5.41, 5.74) is 3.24. The molecule has 0 radical (unpaired) electrons. The number of halogens is 1. The Bertz CT molecular complexity index is 1010. The van der Waals surface area contributed by atoms with E-state index in [1.165, 1.54) is 11.3 Å². The monoisotopic (exact) mass is 433 g/mol. The van der Waals surface area contributed by atoms with Crippen molar-refractivity contribution < 1.29 is 4.79 Å². The van der Waals surface area contributed by atoms with Gasteiger partial charge in [-0.1, -0.05) is 36.8 Å². The summed E-state index contributed by atoms with van der Waals surface area (Å²) >= 11 is 7.81. The molecule has 29 heavy (non-hydrogen) atoms. The molecule has 2 aromatic heterocycles. The predicted molar refractivity (Wildman–Crippen MR) is 121 cm³/mol. The van der Waals surface area contributed by atoms with E-state index in [2.05, 4.69) is 23.8 Å². The molecule has 0 saturated heterocycles. The fourth-order valence-electron chi connectivity index (χ4n) is 3.37. The van der Waals surface area contributed by atoms with Crippen LogP contribution in [0.1, 0.15) is 42.5 Å². The second-order valence-electron chi connectivity index (χ2n) is 6.99. The molecule has 1 amide bonds. The number of likely N-dealkylation sites (N-methyl/N-ethyl adjacent to an activating group) is 1.